The number of para-hydroxylation sites is 1. The van der Waals surface area contributed by atoms with Crippen LogP contribution in [0.15, 0.2) is 54.6 Å². The van der Waals surface area contributed by atoms with E-state index in [4.69, 9.17) is 5.73 Å². The first kappa shape index (κ1) is 17.7. The van der Waals surface area contributed by atoms with Crippen molar-refractivity contribution < 1.29 is 4.79 Å². The molecule has 2 aromatic rings. The number of carbonyl (C=O) groups excluding carboxylic acids is 1. The number of nitrogens with one attached hydrogen (secondary N) is 1. The normalized spacial score (nSPS) is 34.2. The van der Waals surface area contributed by atoms with Gasteiger partial charge in [-0.15, -0.1) is 0 Å². The Kier molecular flexibility index (Phi) is 4.18. The molecule has 0 spiro atoms. The van der Waals surface area contributed by atoms with Crippen LogP contribution in [0, 0.1) is 0 Å². The molecule has 3 aliphatic heterocycles. The van der Waals surface area contributed by atoms with Crippen molar-refractivity contribution in [3.8, 4) is 0 Å². The van der Waals surface area contributed by atoms with Crippen LogP contribution in [0.4, 0.5) is 10.5 Å². The molecule has 3 aliphatic rings. The molecule has 3 heterocycles. The number of quaternary nitrogens is 1. The molecule has 0 saturated carbocycles. The standard InChI is InChI=1S/C23H28N4O/c1-26-17-11-12-18(26)14-19(13-17)27(25-23(24)28)15-21(16-7-3-2-4-8-16)20-9-5-6-10-22(20)27/h2-10,17-19,21H,11-15H2,1H3,(H2-,24,25,28)/p+1. The number of benzene rings is 2. The fourth-order valence-electron chi connectivity index (χ4n) is 6.08. The summed E-state index contributed by atoms with van der Waals surface area (Å²) < 4.78 is 0.492. The number of nitrogens with two attached hydrogens (primary N) is 1. The SMILES string of the molecule is CN1C2CCC1CC([N+]1(NC(N)=O)CC(c3ccccc3)c3ccccc31)C2. The van der Waals surface area contributed by atoms with Crippen LogP contribution in [-0.2, 0) is 0 Å². The van der Waals surface area contributed by atoms with Gasteiger partial charge in [0.1, 0.15) is 12.6 Å². The number of amides is 2. The van der Waals surface area contributed by atoms with Crippen LogP contribution in [0.1, 0.15) is 42.7 Å². The zero-order valence-corrected chi connectivity index (χ0v) is 16.4. The van der Waals surface area contributed by atoms with Gasteiger partial charge in [0, 0.05) is 36.6 Å². The fraction of sp³-hybridized carbons (Fsp3) is 0.435. The Morgan fingerprint density at radius 2 is 1.68 bits per heavy atom. The number of hydrogen-bond donors (Lipinski definition) is 2. The second-order valence-electron chi connectivity index (χ2n) is 8.73. The van der Waals surface area contributed by atoms with Crippen LogP contribution >= 0.6 is 0 Å². The van der Waals surface area contributed by atoms with Crippen LogP contribution in [-0.4, -0.2) is 42.6 Å². The Morgan fingerprint density at radius 3 is 2.36 bits per heavy atom. The summed E-state index contributed by atoms with van der Waals surface area (Å²) >= 11 is 0. The predicted molar refractivity (Wildman–Crippen MR) is 112 cm³/mol. The van der Waals surface area contributed by atoms with Gasteiger partial charge in [-0.3, -0.25) is 4.90 Å². The Hall–Kier alpha value is -2.37. The highest BCUT2D eigenvalue weighted by Gasteiger charge is 2.55. The van der Waals surface area contributed by atoms with Crippen LogP contribution in [0.5, 0.6) is 0 Å². The third kappa shape index (κ3) is 2.65. The van der Waals surface area contributed by atoms with Crippen molar-refractivity contribution in [2.24, 2.45) is 5.73 Å². The van der Waals surface area contributed by atoms with Gasteiger partial charge in [0.15, 0.2) is 5.69 Å². The molecule has 2 amide bonds. The monoisotopic (exact) mass is 377 g/mol. The molecule has 5 rings (SSSR count). The van der Waals surface area contributed by atoms with Crippen LogP contribution in [0.2, 0.25) is 0 Å². The van der Waals surface area contributed by atoms with E-state index in [0.29, 0.717) is 22.7 Å². The maximum Gasteiger partial charge on any atom is 0.356 e. The van der Waals surface area contributed by atoms with E-state index in [1.165, 1.54) is 29.7 Å². The first-order valence-corrected chi connectivity index (χ1v) is 10.4. The highest BCUT2D eigenvalue weighted by atomic mass is 16.2. The number of hydrogen-bond acceptors (Lipinski definition) is 2. The maximum absolute atomic E-state index is 12.2. The van der Waals surface area contributed by atoms with Crippen LogP contribution in [0.25, 0.3) is 0 Å². The molecular weight excluding hydrogens is 348 g/mol. The lowest BCUT2D eigenvalue weighted by Crippen LogP contribution is -2.70. The van der Waals surface area contributed by atoms with Gasteiger partial charge in [-0.1, -0.05) is 48.5 Å². The summed E-state index contributed by atoms with van der Waals surface area (Å²) in [6.45, 7) is 0.833. The summed E-state index contributed by atoms with van der Waals surface area (Å²) in [7, 11) is 2.26. The minimum absolute atomic E-state index is 0.265. The summed E-state index contributed by atoms with van der Waals surface area (Å²) in [6.07, 6.45) is 4.72. The van der Waals surface area contributed by atoms with Gasteiger partial charge < -0.3 is 5.73 Å². The zero-order chi connectivity index (χ0) is 19.3. The van der Waals surface area contributed by atoms with Gasteiger partial charge in [0.2, 0.25) is 0 Å². The second-order valence-corrected chi connectivity index (χ2v) is 8.73. The highest BCUT2D eigenvalue weighted by Crippen LogP contribution is 2.49. The first-order valence-electron chi connectivity index (χ1n) is 10.4. The fourth-order valence-corrected chi connectivity index (χ4v) is 6.08. The third-order valence-corrected chi connectivity index (χ3v) is 7.42. The molecule has 28 heavy (non-hydrogen) atoms. The van der Waals surface area contributed by atoms with Gasteiger partial charge in [0.25, 0.3) is 0 Å². The molecule has 4 unspecified atom stereocenters. The zero-order valence-electron chi connectivity index (χ0n) is 16.4. The number of fused-ring (bicyclic) bond motifs is 3. The van der Waals surface area contributed by atoms with E-state index in [1.807, 2.05) is 0 Å². The summed E-state index contributed by atoms with van der Waals surface area (Å²) in [5.41, 5.74) is 12.8. The van der Waals surface area contributed by atoms with Crippen molar-refractivity contribution in [1.29, 1.82) is 0 Å². The number of primary amides is 1. The largest absolute Gasteiger partial charge is 0.356 e. The van der Waals surface area contributed by atoms with Crippen molar-refractivity contribution in [3.05, 3.63) is 65.7 Å². The van der Waals surface area contributed by atoms with E-state index in [9.17, 15) is 4.79 Å². The molecule has 2 bridgehead atoms. The summed E-state index contributed by atoms with van der Waals surface area (Å²) in [5, 5.41) is 0. The highest BCUT2D eigenvalue weighted by molar-refractivity contribution is 5.74. The lowest BCUT2D eigenvalue weighted by atomic mass is 9.93. The maximum atomic E-state index is 12.2. The molecule has 0 radical (unpaired) electrons. The molecule has 2 aromatic carbocycles. The number of urea groups is 1. The minimum Gasteiger partial charge on any atom is -0.348 e. The molecule has 5 heteroatoms. The van der Waals surface area contributed by atoms with Crippen molar-refractivity contribution in [2.75, 3.05) is 13.6 Å². The van der Waals surface area contributed by atoms with Gasteiger partial charge in [0.05, 0.1) is 5.92 Å². The first-order chi connectivity index (χ1) is 13.6. The Balaban J connectivity index is 1.61. The van der Waals surface area contributed by atoms with E-state index in [0.717, 1.165) is 19.4 Å². The molecule has 3 N–H and O–H groups in total. The molecule has 2 fully saturated rings. The summed E-state index contributed by atoms with van der Waals surface area (Å²) in [6, 6.07) is 20.4. The predicted octanol–water partition coefficient (Wildman–Crippen LogP) is 3.35. The molecule has 0 aliphatic carbocycles. The van der Waals surface area contributed by atoms with Crippen molar-refractivity contribution in [3.63, 3.8) is 0 Å². The molecule has 146 valence electrons. The second kappa shape index (κ2) is 6.61. The average molecular weight is 378 g/mol. The Labute approximate surface area is 166 Å². The lowest BCUT2D eigenvalue weighted by molar-refractivity contribution is 0.0605. The van der Waals surface area contributed by atoms with E-state index >= 15 is 0 Å². The molecule has 0 aromatic heterocycles. The van der Waals surface area contributed by atoms with Crippen LogP contribution in [0.3, 0.4) is 0 Å². The summed E-state index contributed by atoms with van der Waals surface area (Å²) in [4.78, 5) is 14.7. The minimum atomic E-state index is -0.435. The van der Waals surface area contributed by atoms with Crippen LogP contribution < -0.4 is 15.8 Å². The van der Waals surface area contributed by atoms with Crippen molar-refractivity contribution >= 4 is 11.7 Å². The number of rotatable bonds is 3. The molecular formula is C23H29N4O+. The van der Waals surface area contributed by atoms with E-state index in [-0.39, 0.29) is 5.92 Å². The lowest BCUT2D eigenvalue weighted by Gasteiger charge is -2.46. The smallest absolute Gasteiger partial charge is 0.348 e. The molecule has 2 saturated heterocycles. The summed E-state index contributed by atoms with van der Waals surface area (Å²) in [5.74, 6) is 0.265. The topological polar surface area (TPSA) is 58.4 Å². The van der Waals surface area contributed by atoms with Gasteiger partial charge in [-0.2, -0.15) is 10.0 Å². The quantitative estimate of drug-likeness (QED) is 0.806. The number of carbonyl (C=O) groups is 1. The van der Waals surface area contributed by atoms with E-state index in [2.05, 4.69) is 72.0 Å². The van der Waals surface area contributed by atoms with Crippen molar-refractivity contribution in [2.45, 2.75) is 49.7 Å². The van der Waals surface area contributed by atoms with E-state index in [1.54, 1.807) is 0 Å². The van der Waals surface area contributed by atoms with Crippen molar-refractivity contribution in [1.82, 2.24) is 14.9 Å². The molecule has 4 atom stereocenters. The number of nitrogens with zero attached hydrogens (tertiary/aromatic N) is 2. The van der Waals surface area contributed by atoms with Gasteiger partial charge in [-0.05, 0) is 25.5 Å². The molecule has 5 nitrogen and oxygen atoms in total. The Morgan fingerprint density at radius 1 is 1.04 bits per heavy atom. The van der Waals surface area contributed by atoms with E-state index < -0.39 is 6.03 Å². The third-order valence-electron chi connectivity index (χ3n) is 7.42. The Bertz CT molecular complexity index is 871. The van der Waals surface area contributed by atoms with Gasteiger partial charge >= 0.3 is 6.03 Å². The number of piperidine rings is 1. The van der Waals surface area contributed by atoms with Gasteiger partial charge in [-0.25, -0.2) is 4.79 Å². The average Bonchev–Trinajstić information content (AvgIpc) is 3.11.